The number of halogens is 2. The van der Waals surface area contributed by atoms with Gasteiger partial charge in [-0.3, -0.25) is 14.5 Å². The van der Waals surface area contributed by atoms with Crippen LogP contribution in [0.25, 0.3) is 0 Å². The molecule has 0 bridgehead atoms. The Balaban J connectivity index is 1.15. The molecule has 0 fully saturated rings. The number of carbonyl (C=O) groups excluding carboxylic acids is 3. The lowest BCUT2D eigenvalue weighted by molar-refractivity contribution is -0.137. The normalized spacial score (nSPS) is 16.5. The first-order chi connectivity index (χ1) is 29.0. The molecule has 342 valence electrons. The van der Waals surface area contributed by atoms with Gasteiger partial charge in [0, 0.05) is 6.54 Å². The first-order valence-corrected chi connectivity index (χ1v) is 22.0. The number of carbonyl (C=O) groups is 3. The second-order valence-electron chi connectivity index (χ2n) is 12.7. The van der Waals surface area contributed by atoms with E-state index in [1.807, 2.05) is 0 Å². The zero-order chi connectivity index (χ0) is 42.3. The lowest BCUT2D eigenvalue weighted by Gasteiger charge is -2.18. The first-order valence-electron chi connectivity index (χ1n) is 20.4. The van der Waals surface area contributed by atoms with Gasteiger partial charge in [-0.25, -0.2) is 4.79 Å². The van der Waals surface area contributed by atoms with Gasteiger partial charge in [0.05, 0.1) is 165 Å². The molecule has 1 heterocycles. The number of allylic oxidation sites excluding steroid dienone is 2. The number of ether oxygens (including phenoxy) is 13. The van der Waals surface area contributed by atoms with Crippen molar-refractivity contribution in [2.75, 3.05) is 172 Å². The number of alkyl carbamates (subject to hydrolysis) is 1. The van der Waals surface area contributed by atoms with Crippen LogP contribution in [0.4, 0.5) is 4.79 Å². The molecule has 0 saturated heterocycles. The van der Waals surface area contributed by atoms with Crippen molar-refractivity contribution < 1.29 is 76.0 Å². The lowest BCUT2D eigenvalue weighted by Crippen LogP contribution is -2.34. The molecule has 0 aromatic carbocycles. The van der Waals surface area contributed by atoms with Crippen LogP contribution in [0.1, 0.15) is 32.1 Å². The number of hydrogen-bond donors (Lipinski definition) is 1. The number of imide groups is 1. The van der Waals surface area contributed by atoms with Crippen LogP contribution in [-0.4, -0.2) is 201 Å². The molecule has 2 aliphatic rings. The smallest absolute Gasteiger partial charge is 0.407 e. The monoisotopic (exact) mass is 976 g/mol. The highest BCUT2D eigenvalue weighted by molar-refractivity contribution is 9.14. The molecule has 0 radical (unpaired) electrons. The molecule has 1 N–H and O–H groups in total. The number of hydrogen-bond acceptors (Lipinski definition) is 16. The molecule has 3 amide bonds. The summed E-state index contributed by atoms with van der Waals surface area (Å²) in [6.07, 6.45) is 8.76. The minimum absolute atomic E-state index is 0.0149. The summed E-state index contributed by atoms with van der Waals surface area (Å²) in [5.74, 6) is -0.756. The number of rotatable bonds is 40. The van der Waals surface area contributed by atoms with Crippen molar-refractivity contribution in [3.8, 4) is 0 Å². The second kappa shape index (κ2) is 39.2. The standard InChI is InChI=1S/C39H66Br2N2O16/c40-35-36(41)38(45)43(37(35)44)9-11-48-13-15-50-17-19-52-21-23-54-25-27-56-29-31-58-33-32-57-30-28-55-26-24-53-22-20-51-18-16-49-14-12-47-10-8-42-39(46)59-34-6-4-2-1-3-5-7-34/h1-2,34H,3-33H2,(H,42,46)/b2-1+. The van der Waals surface area contributed by atoms with E-state index in [1.54, 1.807) is 0 Å². The van der Waals surface area contributed by atoms with Crippen molar-refractivity contribution in [1.29, 1.82) is 0 Å². The highest BCUT2D eigenvalue weighted by atomic mass is 79.9. The number of nitrogens with zero attached hydrogens (tertiary/aromatic N) is 1. The molecule has 59 heavy (non-hydrogen) atoms. The van der Waals surface area contributed by atoms with Gasteiger partial charge < -0.3 is 66.9 Å². The number of nitrogens with one attached hydrogen (secondary N) is 1. The average molecular weight is 979 g/mol. The van der Waals surface area contributed by atoms with E-state index in [0.29, 0.717) is 159 Å². The van der Waals surface area contributed by atoms with Gasteiger partial charge in [-0.1, -0.05) is 12.2 Å². The van der Waals surface area contributed by atoms with E-state index in [0.717, 1.165) is 37.0 Å². The third-order valence-electron chi connectivity index (χ3n) is 8.12. The fraction of sp³-hybridized carbons (Fsp3) is 0.821. The maximum absolute atomic E-state index is 11.9. The molecule has 1 atom stereocenters. The molecule has 20 heteroatoms. The highest BCUT2D eigenvalue weighted by Gasteiger charge is 2.35. The highest BCUT2D eigenvalue weighted by Crippen LogP contribution is 2.29. The minimum atomic E-state index is -0.383. The summed E-state index contributed by atoms with van der Waals surface area (Å²) in [5, 5.41) is 2.73. The summed E-state index contributed by atoms with van der Waals surface area (Å²) in [7, 11) is 0. The van der Waals surface area contributed by atoms with Crippen molar-refractivity contribution in [2.45, 2.75) is 38.2 Å². The molecule has 0 spiro atoms. The van der Waals surface area contributed by atoms with Crippen molar-refractivity contribution in [3.63, 3.8) is 0 Å². The molecule has 0 aromatic rings. The predicted molar refractivity (Wildman–Crippen MR) is 222 cm³/mol. The van der Waals surface area contributed by atoms with E-state index in [-0.39, 0.29) is 46.1 Å². The Morgan fingerprint density at radius 2 is 0.814 bits per heavy atom. The summed E-state index contributed by atoms with van der Waals surface area (Å²) in [6, 6.07) is 0. The van der Waals surface area contributed by atoms with Gasteiger partial charge in [0.1, 0.15) is 15.1 Å². The Labute approximate surface area is 365 Å². The zero-order valence-corrected chi connectivity index (χ0v) is 37.6. The predicted octanol–water partition coefficient (Wildman–Crippen LogP) is 3.17. The lowest BCUT2D eigenvalue weighted by atomic mass is 10.0. The van der Waals surface area contributed by atoms with E-state index in [4.69, 9.17) is 61.6 Å². The molecule has 2 rings (SSSR count). The van der Waals surface area contributed by atoms with Crippen LogP contribution < -0.4 is 5.32 Å². The van der Waals surface area contributed by atoms with E-state index in [2.05, 4.69) is 49.3 Å². The van der Waals surface area contributed by atoms with E-state index >= 15 is 0 Å². The van der Waals surface area contributed by atoms with Crippen LogP contribution in [0, 0.1) is 0 Å². The summed E-state index contributed by atoms with van der Waals surface area (Å²) in [6.45, 7) is 11.2. The largest absolute Gasteiger partial charge is 0.446 e. The summed E-state index contributed by atoms with van der Waals surface area (Å²) < 4.78 is 71.6. The molecule has 18 nitrogen and oxygen atoms in total. The van der Waals surface area contributed by atoms with Crippen LogP contribution in [0.3, 0.4) is 0 Å². The van der Waals surface area contributed by atoms with E-state index < -0.39 is 0 Å². The topological polar surface area (TPSA) is 186 Å². The van der Waals surface area contributed by atoms with Gasteiger partial charge in [0.2, 0.25) is 0 Å². The minimum Gasteiger partial charge on any atom is -0.446 e. The van der Waals surface area contributed by atoms with Gasteiger partial charge in [-0.15, -0.1) is 0 Å². The summed E-state index contributed by atoms with van der Waals surface area (Å²) >= 11 is 6.18. The number of amides is 3. The quantitative estimate of drug-likeness (QED) is 0.0536. The van der Waals surface area contributed by atoms with Crippen molar-refractivity contribution in [3.05, 3.63) is 21.1 Å². The van der Waals surface area contributed by atoms with Crippen molar-refractivity contribution in [2.24, 2.45) is 0 Å². The maximum atomic E-state index is 11.9. The third-order valence-corrected chi connectivity index (χ3v) is 10.1. The van der Waals surface area contributed by atoms with E-state index in [1.165, 1.54) is 0 Å². The molecule has 0 saturated carbocycles. The van der Waals surface area contributed by atoms with Crippen LogP contribution in [0.15, 0.2) is 21.1 Å². The Morgan fingerprint density at radius 3 is 1.19 bits per heavy atom. The summed E-state index contributed by atoms with van der Waals surface area (Å²) in [4.78, 5) is 36.9. The molecule has 0 aromatic heterocycles. The van der Waals surface area contributed by atoms with Gasteiger partial charge in [0.25, 0.3) is 11.8 Å². The fourth-order valence-corrected chi connectivity index (χ4v) is 5.83. The first kappa shape index (κ1) is 53.5. The molecule has 1 aliphatic carbocycles. The molecular weight excluding hydrogens is 912 g/mol. The fourth-order valence-electron chi connectivity index (χ4n) is 5.06. The Bertz CT molecular complexity index is 1110. The van der Waals surface area contributed by atoms with Crippen LogP contribution in [0.5, 0.6) is 0 Å². The SMILES string of the molecule is O=C(NCCOCCOCCOCCOCCOCCOCCOCCOCCOCCOCCOCCOCCN1C(=O)C(Br)=C(Br)C1=O)OC1CC/C=C/CCC1. The van der Waals surface area contributed by atoms with Crippen LogP contribution in [0.2, 0.25) is 0 Å². The van der Waals surface area contributed by atoms with Crippen molar-refractivity contribution in [1.82, 2.24) is 10.2 Å². The Kier molecular flexibility index (Phi) is 35.6. The second-order valence-corrected chi connectivity index (χ2v) is 14.3. The van der Waals surface area contributed by atoms with Crippen molar-refractivity contribution >= 4 is 49.8 Å². The Morgan fingerprint density at radius 1 is 0.492 bits per heavy atom. The molecule has 1 unspecified atom stereocenters. The van der Waals surface area contributed by atoms with Gasteiger partial charge in [-0.2, -0.15) is 0 Å². The van der Waals surface area contributed by atoms with Gasteiger partial charge in [-0.05, 0) is 64.0 Å². The van der Waals surface area contributed by atoms with Crippen LogP contribution >= 0.6 is 31.9 Å². The van der Waals surface area contributed by atoms with Gasteiger partial charge in [0.15, 0.2) is 0 Å². The Hall–Kier alpha value is -1.63. The van der Waals surface area contributed by atoms with E-state index in [9.17, 15) is 14.4 Å². The maximum Gasteiger partial charge on any atom is 0.407 e. The molecule has 1 aliphatic heterocycles. The van der Waals surface area contributed by atoms with Crippen LogP contribution in [-0.2, 0) is 71.2 Å². The average Bonchev–Trinajstić information content (AvgIpc) is 3.40. The zero-order valence-electron chi connectivity index (χ0n) is 34.4. The van der Waals surface area contributed by atoms with Gasteiger partial charge >= 0.3 is 6.09 Å². The molecular formula is C39H66Br2N2O16. The third kappa shape index (κ3) is 30.1. The summed E-state index contributed by atoms with van der Waals surface area (Å²) in [5.41, 5.74) is 0.